The Kier molecular flexibility index (Phi) is 11.4. The van der Waals surface area contributed by atoms with Crippen molar-refractivity contribution >= 4 is 17.5 Å². The largest absolute Gasteiger partial charge is 0.496 e. The van der Waals surface area contributed by atoms with Crippen LogP contribution in [-0.4, -0.2) is 67.6 Å². The van der Waals surface area contributed by atoms with Crippen LogP contribution in [-0.2, 0) is 22.6 Å². The molecule has 0 atom stereocenters. The van der Waals surface area contributed by atoms with E-state index in [0.29, 0.717) is 37.8 Å². The third-order valence-corrected chi connectivity index (χ3v) is 7.96. The maximum atomic E-state index is 13.7. The molecule has 2 amide bonds. The Balaban J connectivity index is 1.56. The lowest BCUT2D eigenvalue weighted by molar-refractivity contribution is -0.132. The minimum Gasteiger partial charge on any atom is -0.496 e. The number of nitrogens with zero attached hydrogens (tertiary/aromatic N) is 3. The van der Waals surface area contributed by atoms with Gasteiger partial charge in [0, 0.05) is 45.2 Å². The van der Waals surface area contributed by atoms with Crippen LogP contribution in [0.25, 0.3) is 0 Å². The van der Waals surface area contributed by atoms with Crippen molar-refractivity contribution in [1.29, 1.82) is 0 Å². The van der Waals surface area contributed by atoms with E-state index < -0.39 is 0 Å². The Labute approximate surface area is 251 Å². The molecular formula is C35H45N3O4. The summed E-state index contributed by atoms with van der Waals surface area (Å²) in [5, 5.41) is 0. The van der Waals surface area contributed by atoms with Crippen molar-refractivity contribution in [1.82, 2.24) is 9.80 Å². The molecule has 3 aromatic rings. The molecule has 0 spiro atoms. The lowest BCUT2D eigenvalue weighted by Gasteiger charge is -2.30. The third kappa shape index (κ3) is 8.35. The SMILES string of the molecule is COc1ccccc1CCCC(=O)N1CCN(C(C)C)CCCN(C(=O)COc2ccccc2)c2c(C)cccc2C1. The Bertz CT molecular complexity index is 1310. The van der Waals surface area contributed by atoms with Gasteiger partial charge < -0.3 is 19.3 Å². The maximum Gasteiger partial charge on any atom is 0.264 e. The summed E-state index contributed by atoms with van der Waals surface area (Å²) in [5.74, 6) is 1.58. The number of carbonyl (C=O) groups excluding carboxylic acids is 2. The molecule has 0 unspecified atom stereocenters. The molecule has 0 aromatic heterocycles. The average Bonchev–Trinajstić information content (AvgIpc) is 3.03. The van der Waals surface area contributed by atoms with Crippen molar-refractivity contribution < 1.29 is 19.1 Å². The molecule has 7 nitrogen and oxygen atoms in total. The number of rotatable bonds is 9. The number of hydrogen-bond donors (Lipinski definition) is 0. The van der Waals surface area contributed by atoms with E-state index in [9.17, 15) is 9.59 Å². The Morgan fingerprint density at radius 3 is 2.38 bits per heavy atom. The van der Waals surface area contributed by atoms with Crippen LogP contribution >= 0.6 is 0 Å². The summed E-state index contributed by atoms with van der Waals surface area (Å²) < 4.78 is 11.4. The van der Waals surface area contributed by atoms with Crippen LogP contribution < -0.4 is 14.4 Å². The first-order valence-electron chi connectivity index (χ1n) is 15.1. The van der Waals surface area contributed by atoms with Crippen LogP contribution in [0.4, 0.5) is 5.69 Å². The van der Waals surface area contributed by atoms with Gasteiger partial charge in [0.2, 0.25) is 5.91 Å². The van der Waals surface area contributed by atoms with E-state index in [1.807, 2.05) is 83.5 Å². The topological polar surface area (TPSA) is 62.3 Å². The summed E-state index contributed by atoms with van der Waals surface area (Å²) in [6.45, 7) is 9.70. The zero-order valence-electron chi connectivity index (χ0n) is 25.6. The Morgan fingerprint density at radius 2 is 1.62 bits per heavy atom. The normalized spacial score (nSPS) is 14.7. The number of anilines is 1. The van der Waals surface area contributed by atoms with Gasteiger partial charge in [-0.1, -0.05) is 54.6 Å². The molecule has 0 fully saturated rings. The van der Waals surface area contributed by atoms with Gasteiger partial charge in [0.1, 0.15) is 11.5 Å². The van der Waals surface area contributed by atoms with E-state index >= 15 is 0 Å². The molecule has 0 N–H and O–H groups in total. The fourth-order valence-corrected chi connectivity index (χ4v) is 5.64. The molecule has 0 aliphatic carbocycles. The highest BCUT2D eigenvalue weighted by atomic mass is 16.5. The molecular weight excluding hydrogens is 526 g/mol. The first-order valence-corrected chi connectivity index (χ1v) is 15.1. The number of fused-ring (bicyclic) bond motifs is 1. The predicted octanol–water partition coefficient (Wildman–Crippen LogP) is 5.88. The van der Waals surface area contributed by atoms with Crippen molar-refractivity contribution in [2.75, 3.05) is 44.8 Å². The van der Waals surface area contributed by atoms with Crippen molar-refractivity contribution in [2.24, 2.45) is 0 Å². The second-order valence-electron chi connectivity index (χ2n) is 11.2. The summed E-state index contributed by atoms with van der Waals surface area (Å²) in [4.78, 5) is 33.7. The van der Waals surface area contributed by atoms with Gasteiger partial charge in [-0.2, -0.15) is 0 Å². The highest BCUT2D eigenvalue weighted by molar-refractivity contribution is 5.96. The van der Waals surface area contributed by atoms with E-state index in [-0.39, 0.29) is 18.4 Å². The van der Waals surface area contributed by atoms with Crippen LogP contribution in [0.3, 0.4) is 0 Å². The average molecular weight is 572 g/mol. The number of benzene rings is 3. The molecule has 42 heavy (non-hydrogen) atoms. The first kappa shape index (κ1) is 31.1. The van der Waals surface area contributed by atoms with E-state index in [1.165, 1.54) is 0 Å². The molecule has 0 saturated carbocycles. The number of para-hydroxylation sites is 3. The predicted molar refractivity (Wildman–Crippen MR) is 168 cm³/mol. The fourth-order valence-electron chi connectivity index (χ4n) is 5.64. The number of methoxy groups -OCH3 is 1. The summed E-state index contributed by atoms with van der Waals surface area (Å²) in [5.41, 5.74) is 4.01. The zero-order chi connectivity index (χ0) is 29.9. The van der Waals surface area contributed by atoms with Gasteiger partial charge >= 0.3 is 0 Å². The lowest BCUT2D eigenvalue weighted by Crippen LogP contribution is -2.41. The van der Waals surface area contributed by atoms with Gasteiger partial charge in [0.05, 0.1) is 12.8 Å². The summed E-state index contributed by atoms with van der Waals surface area (Å²) in [7, 11) is 1.68. The second kappa shape index (κ2) is 15.4. The highest BCUT2D eigenvalue weighted by Gasteiger charge is 2.26. The van der Waals surface area contributed by atoms with Gasteiger partial charge in [-0.15, -0.1) is 0 Å². The van der Waals surface area contributed by atoms with Crippen LogP contribution in [0, 0.1) is 6.92 Å². The molecule has 3 aromatic carbocycles. The van der Waals surface area contributed by atoms with Gasteiger partial charge in [-0.05, 0) is 74.9 Å². The quantitative estimate of drug-likeness (QED) is 0.321. The Morgan fingerprint density at radius 1 is 0.857 bits per heavy atom. The number of aryl methyl sites for hydroxylation is 2. The first-order chi connectivity index (χ1) is 20.4. The molecule has 0 radical (unpaired) electrons. The van der Waals surface area contributed by atoms with E-state index in [4.69, 9.17) is 9.47 Å². The van der Waals surface area contributed by atoms with Crippen LogP contribution in [0.2, 0.25) is 0 Å². The molecule has 0 saturated heterocycles. The molecule has 0 bridgehead atoms. The molecule has 7 heteroatoms. The van der Waals surface area contributed by atoms with E-state index in [2.05, 4.69) is 24.8 Å². The molecule has 4 rings (SSSR count). The number of amides is 2. The minimum atomic E-state index is -0.0839. The van der Waals surface area contributed by atoms with Crippen molar-refractivity contribution in [3.8, 4) is 11.5 Å². The third-order valence-electron chi connectivity index (χ3n) is 7.96. The van der Waals surface area contributed by atoms with Gasteiger partial charge in [0.15, 0.2) is 6.61 Å². The second-order valence-corrected chi connectivity index (χ2v) is 11.2. The van der Waals surface area contributed by atoms with Gasteiger partial charge in [-0.3, -0.25) is 14.5 Å². The fraction of sp³-hybridized carbons (Fsp3) is 0.429. The Hall–Kier alpha value is -3.84. The maximum absolute atomic E-state index is 13.7. The van der Waals surface area contributed by atoms with Gasteiger partial charge in [-0.25, -0.2) is 0 Å². The zero-order valence-corrected chi connectivity index (χ0v) is 25.6. The monoisotopic (exact) mass is 571 g/mol. The summed E-state index contributed by atoms with van der Waals surface area (Å²) in [6, 6.07) is 23.9. The van der Waals surface area contributed by atoms with Crippen molar-refractivity contribution in [3.63, 3.8) is 0 Å². The summed E-state index contributed by atoms with van der Waals surface area (Å²) >= 11 is 0. The molecule has 224 valence electrons. The summed E-state index contributed by atoms with van der Waals surface area (Å²) in [6.07, 6.45) is 2.80. The minimum absolute atomic E-state index is 0.0444. The van der Waals surface area contributed by atoms with Crippen LogP contribution in [0.1, 0.15) is 49.8 Å². The smallest absolute Gasteiger partial charge is 0.264 e. The number of hydrogen-bond acceptors (Lipinski definition) is 5. The molecule has 1 heterocycles. The molecule has 1 aliphatic heterocycles. The highest BCUT2D eigenvalue weighted by Crippen LogP contribution is 2.29. The van der Waals surface area contributed by atoms with Crippen molar-refractivity contribution in [3.05, 3.63) is 89.5 Å². The van der Waals surface area contributed by atoms with E-state index in [1.54, 1.807) is 7.11 Å². The number of ether oxygens (including phenoxy) is 2. The standard InChI is InChI=1S/C35H45N3O4/c1-27(2)36-21-12-22-38(34(40)26-42-31-17-6-5-7-18-31)35-28(3)13-10-16-30(35)25-37(24-23-36)33(39)20-11-15-29-14-8-9-19-32(29)41-4/h5-10,13-14,16-19,27H,11-12,15,20-26H2,1-4H3. The van der Waals surface area contributed by atoms with Crippen LogP contribution in [0.15, 0.2) is 72.8 Å². The van der Waals surface area contributed by atoms with Crippen molar-refractivity contribution in [2.45, 2.75) is 59.0 Å². The van der Waals surface area contributed by atoms with Gasteiger partial charge in [0.25, 0.3) is 5.91 Å². The van der Waals surface area contributed by atoms with Crippen LogP contribution in [0.5, 0.6) is 11.5 Å². The number of carbonyl (C=O) groups is 2. The van der Waals surface area contributed by atoms with E-state index in [0.717, 1.165) is 60.5 Å². The molecule has 1 aliphatic rings. The lowest BCUT2D eigenvalue weighted by atomic mass is 10.0.